The number of hydrogen-bond acceptors (Lipinski definition) is 3. The summed E-state index contributed by atoms with van der Waals surface area (Å²) in [6, 6.07) is 5.47. The number of aromatic nitrogens is 2. The van der Waals surface area contributed by atoms with Gasteiger partial charge in [0, 0.05) is 11.1 Å². The Bertz CT molecular complexity index is 679. The van der Waals surface area contributed by atoms with Crippen molar-refractivity contribution in [1.29, 1.82) is 0 Å². The van der Waals surface area contributed by atoms with Gasteiger partial charge in [-0.15, -0.1) is 0 Å². The Morgan fingerprint density at radius 3 is 2.78 bits per heavy atom. The molecule has 6 heteroatoms. The summed E-state index contributed by atoms with van der Waals surface area (Å²) in [5, 5.41) is 8.94. The molecule has 1 aromatic carbocycles. The van der Waals surface area contributed by atoms with Gasteiger partial charge in [-0.05, 0) is 19.1 Å². The average molecular weight is 248 g/mol. The summed E-state index contributed by atoms with van der Waals surface area (Å²) in [4.78, 5) is 28.1. The smallest absolute Gasteiger partial charge is 0.352 e. The zero-order valence-electron chi connectivity index (χ0n) is 9.40. The fourth-order valence-corrected chi connectivity index (χ4v) is 1.66. The first kappa shape index (κ1) is 12.0. The summed E-state index contributed by atoms with van der Waals surface area (Å²) >= 11 is 0. The normalized spacial score (nSPS) is 10.3. The van der Waals surface area contributed by atoms with Gasteiger partial charge in [0.15, 0.2) is 0 Å². The number of H-pyrrole nitrogens is 1. The maximum atomic E-state index is 13.1. The third-order valence-electron chi connectivity index (χ3n) is 2.49. The minimum absolute atomic E-state index is 0.163. The number of halogens is 1. The van der Waals surface area contributed by atoms with Crippen LogP contribution >= 0.6 is 0 Å². The Hall–Kier alpha value is -2.50. The van der Waals surface area contributed by atoms with Crippen LogP contribution in [-0.4, -0.2) is 21.0 Å². The number of aromatic amines is 1. The van der Waals surface area contributed by atoms with Crippen molar-refractivity contribution in [3.63, 3.8) is 0 Å². The topological polar surface area (TPSA) is 83.0 Å². The molecule has 2 rings (SSSR count). The van der Waals surface area contributed by atoms with E-state index in [0.717, 1.165) is 0 Å². The van der Waals surface area contributed by atoms with E-state index in [1.165, 1.54) is 25.1 Å². The lowest BCUT2D eigenvalue weighted by Crippen LogP contribution is -2.19. The number of aromatic carboxylic acids is 1. The molecular formula is C12H9FN2O3. The van der Waals surface area contributed by atoms with E-state index in [2.05, 4.69) is 9.97 Å². The van der Waals surface area contributed by atoms with Crippen molar-refractivity contribution in [2.75, 3.05) is 0 Å². The molecule has 1 aromatic heterocycles. The van der Waals surface area contributed by atoms with Crippen LogP contribution in [0.25, 0.3) is 11.3 Å². The second-order valence-electron chi connectivity index (χ2n) is 3.71. The molecule has 0 aliphatic rings. The van der Waals surface area contributed by atoms with Crippen molar-refractivity contribution >= 4 is 5.97 Å². The number of benzene rings is 1. The molecule has 2 N–H and O–H groups in total. The number of hydrogen-bond donors (Lipinski definition) is 2. The van der Waals surface area contributed by atoms with Gasteiger partial charge in [-0.3, -0.25) is 4.98 Å². The first-order valence-corrected chi connectivity index (χ1v) is 5.09. The highest BCUT2D eigenvalue weighted by Gasteiger charge is 2.15. The van der Waals surface area contributed by atoms with Crippen molar-refractivity contribution in [2.24, 2.45) is 0 Å². The van der Waals surface area contributed by atoms with Gasteiger partial charge in [-0.25, -0.2) is 14.0 Å². The predicted molar refractivity (Wildman–Crippen MR) is 61.9 cm³/mol. The van der Waals surface area contributed by atoms with Gasteiger partial charge in [0.05, 0.1) is 5.69 Å². The second-order valence-corrected chi connectivity index (χ2v) is 3.71. The predicted octanol–water partition coefficient (Wildman–Crippen LogP) is 1.58. The zero-order chi connectivity index (χ0) is 13.3. The molecule has 0 amide bonds. The van der Waals surface area contributed by atoms with Crippen molar-refractivity contribution in [3.8, 4) is 11.3 Å². The van der Waals surface area contributed by atoms with Crippen LogP contribution in [0.5, 0.6) is 0 Å². The summed E-state index contributed by atoms with van der Waals surface area (Å²) in [5.41, 5.74) is -0.212. The van der Waals surface area contributed by atoms with E-state index >= 15 is 0 Å². The number of carboxylic acid groups (broad SMARTS) is 1. The SMILES string of the molecule is Cc1c(-c2cccc(F)c2)nc(=O)[nH]c1C(=O)O. The molecule has 0 saturated heterocycles. The van der Waals surface area contributed by atoms with Gasteiger partial charge in [0.1, 0.15) is 11.5 Å². The molecular weight excluding hydrogens is 239 g/mol. The minimum atomic E-state index is -1.26. The van der Waals surface area contributed by atoms with Gasteiger partial charge in [0.2, 0.25) is 0 Å². The van der Waals surface area contributed by atoms with Gasteiger partial charge in [0.25, 0.3) is 0 Å². The van der Waals surface area contributed by atoms with E-state index < -0.39 is 17.5 Å². The van der Waals surface area contributed by atoms with Crippen LogP contribution in [0.4, 0.5) is 4.39 Å². The minimum Gasteiger partial charge on any atom is -0.477 e. The number of nitrogens with zero attached hydrogens (tertiary/aromatic N) is 1. The second kappa shape index (κ2) is 4.40. The lowest BCUT2D eigenvalue weighted by Gasteiger charge is -2.07. The molecule has 18 heavy (non-hydrogen) atoms. The molecule has 92 valence electrons. The summed E-state index contributed by atoms with van der Waals surface area (Å²) in [6.45, 7) is 1.51. The summed E-state index contributed by atoms with van der Waals surface area (Å²) in [5.74, 6) is -1.74. The van der Waals surface area contributed by atoms with E-state index in [0.29, 0.717) is 5.56 Å². The van der Waals surface area contributed by atoms with Crippen LogP contribution in [0.1, 0.15) is 16.1 Å². The molecule has 0 atom stereocenters. The molecule has 1 heterocycles. The lowest BCUT2D eigenvalue weighted by molar-refractivity contribution is 0.0689. The highest BCUT2D eigenvalue weighted by atomic mass is 19.1. The molecule has 0 aliphatic heterocycles. The van der Waals surface area contributed by atoms with Gasteiger partial charge in [-0.1, -0.05) is 12.1 Å². The summed E-state index contributed by atoms with van der Waals surface area (Å²) in [7, 11) is 0. The Labute approximate surface area is 101 Å². The number of carboxylic acids is 1. The van der Waals surface area contributed by atoms with Crippen molar-refractivity contribution in [1.82, 2.24) is 9.97 Å². The van der Waals surface area contributed by atoms with E-state index in [1.54, 1.807) is 6.07 Å². The van der Waals surface area contributed by atoms with Crippen LogP contribution in [0.15, 0.2) is 29.1 Å². The van der Waals surface area contributed by atoms with E-state index in [9.17, 15) is 14.0 Å². The Balaban J connectivity index is 2.72. The average Bonchev–Trinajstić information content (AvgIpc) is 2.31. The fourth-order valence-electron chi connectivity index (χ4n) is 1.66. The zero-order valence-corrected chi connectivity index (χ0v) is 9.40. The highest BCUT2D eigenvalue weighted by molar-refractivity contribution is 5.89. The van der Waals surface area contributed by atoms with Crippen molar-refractivity contribution in [2.45, 2.75) is 6.92 Å². The molecule has 0 aliphatic carbocycles. The molecule has 5 nitrogen and oxygen atoms in total. The van der Waals surface area contributed by atoms with Crippen LogP contribution in [0, 0.1) is 12.7 Å². The molecule has 2 aromatic rings. The van der Waals surface area contributed by atoms with Crippen molar-refractivity contribution < 1.29 is 14.3 Å². The van der Waals surface area contributed by atoms with Crippen LogP contribution in [0.3, 0.4) is 0 Å². The van der Waals surface area contributed by atoms with Gasteiger partial charge >= 0.3 is 11.7 Å². The molecule has 0 spiro atoms. The maximum absolute atomic E-state index is 13.1. The molecule has 0 radical (unpaired) electrons. The lowest BCUT2D eigenvalue weighted by atomic mass is 10.1. The van der Waals surface area contributed by atoms with Gasteiger partial charge in [-0.2, -0.15) is 4.98 Å². The van der Waals surface area contributed by atoms with Crippen molar-refractivity contribution in [3.05, 3.63) is 51.8 Å². The first-order chi connectivity index (χ1) is 8.49. The Kier molecular flexibility index (Phi) is 2.93. The largest absolute Gasteiger partial charge is 0.477 e. The Morgan fingerprint density at radius 2 is 2.17 bits per heavy atom. The molecule has 0 bridgehead atoms. The number of rotatable bonds is 2. The molecule has 0 saturated carbocycles. The maximum Gasteiger partial charge on any atom is 0.352 e. The third-order valence-corrected chi connectivity index (χ3v) is 2.49. The van der Waals surface area contributed by atoms with Gasteiger partial charge < -0.3 is 5.11 Å². The van der Waals surface area contributed by atoms with Crippen LogP contribution in [-0.2, 0) is 0 Å². The number of carbonyl (C=O) groups is 1. The third kappa shape index (κ3) is 2.13. The monoisotopic (exact) mass is 248 g/mol. The molecule has 0 unspecified atom stereocenters. The van der Waals surface area contributed by atoms with E-state index in [4.69, 9.17) is 5.11 Å². The quantitative estimate of drug-likeness (QED) is 0.845. The van der Waals surface area contributed by atoms with E-state index in [-0.39, 0.29) is 17.0 Å². The standard InChI is InChI=1S/C12H9FN2O3/c1-6-9(7-3-2-4-8(13)5-7)14-12(18)15-10(6)11(16)17/h2-5H,1H3,(H,16,17)(H,14,15,18). The summed E-state index contributed by atoms with van der Waals surface area (Å²) < 4.78 is 13.1. The van der Waals surface area contributed by atoms with Crippen LogP contribution in [0.2, 0.25) is 0 Å². The highest BCUT2D eigenvalue weighted by Crippen LogP contribution is 2.21. The fraction of sp³-hybridized carbons (Fsp3) is 0.0833. The summed E-state index contributed by atoms with van der Waals surface area (Å²) in [6.07, 6.45) is 0. The first-order valence-electron chi connectivity index (χ1n) is 5.09. The van der Waals surface area contributed by atoms with Crippen LogP contribution < -0.4 is 5.69 Å². The van der Waals surface area contributed by atoms with E-state index in [1.807, 2.05) is 0 Å². The number of nitrogens with one attached hydrogen (secondary N) is 1. The Morgan fingerprint density at radius 1 is 1.44 bits per heavy atom. The molecule has 0 fully saturated rings.